The highest BCUT2D eigenvalue weighted by Crippen LogP contribution is 2.21. The minimum absolute atomic E-state index is 0.0821. The number of carbonyl (C=O) groups is 1. The smallest absolute Gasteiger partial charge is 0.280 e. The molecule has 1 aromatic heterocycles. The van der Waals surface area contributed by atoms with Crippen LogP contribution in [-0.4, -0.2) is 20.8 Å². The summed E-state index contributed by atoms with van der Waals surface area (Å²) in [5.41, 5.74) is 0.854. The summed E-state index contributed by atoms with van der Waals surface area (Å²) in [6.45, 7) is 1.74. The Labute approximate surface area is 138 Å². The van der Waals surface area contributed by atoms with Crippen molar-refractivity contribution < 1.29 is 9.90 Å². The van der Waals surface area contributed by atoms with Gasteiger partial charge in [-0.3, -0.25) is 9.59 Å². The van der Waals surface area contributed by atoms with Gasteiger partial charge in [-0.1, -0.05) is 30.3 Å². The average Bonchev–Trinajstić information content (AvgIpc) is 2.58. The number of nitrogens with one attached hydrogen (secondary N) is 1. The molecule has 0 fully saturated rings. The van der Waals surface area contributed by atoms with Gasteiger partial charge in [0.25, 0.3) is 5.91 Å². The Morgan fingerprint density at radius 1 is 1.08 bits per heavy atom. The van der Waals surface area contributed by atoms with Gasteiger partial charge in [0.1, 0.15) is 5.75 Å². The summed E-state index contributed by atoms with van der Waals surface area (Å²) in [6, 6.07) is 16.9. The molecule has 3 aromatic rings. The van der Waals surface area contributed by atoms with Gasteiger partial charge in [0.05, 0.1) is 11.4 Å². The fourth-order valence-electron chi connectivity index (χ4n) is 2.30. The summed E-state index contributed by atoms with van der Waals surface area (Å²) < 4.78 is 1.53. The van der Waals surface area contributed by atoms with E-state index in [0.717, 1.165) is 5.69 Å². The number of nitrogens with zero attached hydrogens (tertiary/aromatic N) is 2. The van der Waals surface area contributed by atoms with Crippen molar-refractivity contribution in [3.05, 3.63) is 82.3 Å². The number of phenols is 1. The highest BCUT2D eigenvalue weighted by atomic mass is 16.3. The number of amides is 1. The Morgan fingerprint density at radius 3 is 2.46 bits per heavy atom. The van der Waals surface area contributed by atoms with E-state index >= 15 is 0 Å². The first kappa shape index (κ1) is 15.5. The standard InChI is InChI=1S/C18H15N3O3/c1-12-11-16(23)17(20-21(12)13-7-3-2-4-8-13)18(24)19-14-9-5-6-10-15(14)22/h2-11,22H,1H3,(H,19,24). The van der Waals surface area contributed by atoms with Gasteiger partial charge in [-0.15, -0.1) is 0 Å². The van der Waals surface area contributed by atoms with Crippen LogP contribution in [-0.2, 0) is 0 Å². The third-order valence-corrected chi connectivity index (χ3v) is 3.48. The average molecular weight is 321 g/mol. The number of anilines is 1. The first-order valence-corrected chi connectivity index (χ1v) is 7.32. The van der Waals surface area contributed by atoms with E-state index in [9.17, 15) is 14.7 Å². The molecule has 0 aliphatic carbocycles. The third-order valence-electron chi connectivity index (χ3n) is 3.48. The van der Waals surface area contributed by atoms with E-state index in [1.165, 1.54) is 22.9 Å². The summed E-state index contributed by atoms with van der Waals surface area (Å²) >= 11 is 0. The molecule has 0 saturated carbocycles. The summed E-state index contributed by atoms with van der Waals surface area (Å²) in [5, 5.41) is 16.4. The predicted octanol–water partition coefficient (Wildman–Crippen LogP) is 2.50. The van der Waals surface area contributed by atoms with Gasteiger partial charge in [-0.25, -0.2) is 4.68 Å². The van der Waals surface area contributed by atoms with Crippen molar-refractivity contribution in [3.63, 3.8) is 0 Å². The molecule has 2 aromatic carbocycles. The summed E-state index contributed by atoms with van der Waals surface area (Å²) in [5.74, 6) is -0.757. The molecular weight excluding hydrogens is 306 g/mol. The van der Waals surface area contributed by atoms with Crippen LogP contribution in [0.4, 0.5) is 5.69 Å². The molecule has 120 valence electrons. The second kappa shape index (κ2) is 6.37. The van der Waals surface area contributed by atoms with E-state index in [-0.39, 0.29) is 17.1 Å². The molecule has 0 bridgehead atoms. The van der Waals surface area contributed by atoms with Crippen LogP contribution in [0.3, 0.4) is 0 Å². The molecule has 1 heterocycles. The van der Waals surface area contributed by atoms with Crippen molar-refractivity contribution in [2.45, 2.75) is 6.92 Å². The lowest BCUT2D eigenvalue weighted by molar-refractivity contribution is 0.101. The van der Waals surface area contributed by atoms with Crippen LogP contribution in [0.15, 0.2) is 65.5 Å². The van der Waals surface area contributed by atoms with Crippen LogP contribution in [0.5, 0.6) is 5.75 Å². The normalized spacial score (nSPS) is 10.4. The molecule has 0 atom stereocenters. The number of hydrogen-bond donors (Lipinski definition) is 2. The number of para-hydroxylation sites is 3. The number of carbonyl (C=O) groups excluding carboxylic acids is 1. The largest absolute Gasteiger partial charge is 0.506 e. The molecule has 0 unspecified atom stereocenters. The number of aromatic hydroxyl groups is 1. The van der Waals surface area contributed by atoms with Crippen molar-refractivity contribution in [1.82, 2.24) is 9.78 Å². The molecule has 6 heteroatoms. The van der Waals surface area contributed by atoms with E-state index in [1.54, 1.807) is 19.1 Å². The van der Waals surface area contributed by atoms with Gasteiger partial charge < -0.3 is 10.4 Å². The number of phenolic OH excluding ortho intramolecular Hbond substituents is 1. The Kier molecular flexibility index (Phi) is 4.11. The lowest BCUT2D eigenvalue weighted by Gasteiger charge is -2.11. The topological polar surface area (TPSA) is 84.2 Å². The number of aromatic nitrogens is 2. The highest BCUT2D eigenvalue weighted by molar-refractivity contribution is 6.03. The lowest BCUT2D eigenvalue weighted by Crippen LogP contribution is -2.26. The van der Waals surface area contributed by atoms with Gasteiger partial charge in [0, 0.05) is 11.8 Å². The summed E-state index contributed by atoms with van der Waals surface area (Å²) in [7, 11) is 0. The number of benzene rings is 2. The van der Waals surface area contributed by atoms with E-state index in [0.29, 0.717) is 5.69 Å². The SMILES string of the molecule is Cc1cc(=O)c(C(=O)Nc2ccccc2O)nn1-c1ccccc1. The molecule has 2 N–H and O–H groups in total. The molecule has 0 saturated heterocycles. The predicted molar refractivity (Wildman–Crippen MR) is 90.6 cm³/mol. The van der Waals surface area contributed by atoms with Crippen molar-refractivity contribution >= 4 is 11.6 Å². The fraction of sp³-hybridized carbons (Fsp3) is 0.0556. The van der Waals surface area contributed by atoms with E-state index in [4.69, 9.17) is 0 Å². The number of aryl methyl sites for hydroxylation is 1. The number of rotatable bonds is 3. The first-order valence-electron chi connectivity index (χ1n) is 7.32. The van der Waals surface area contributed by atoms with Crippen LogP contribution in [0.2, 0.25) is 0 Å². The van der Waals surface area contributed by atoms with E-state index in [2.05, 4.69) is 10.4 Å². The molecule has 0 aliphatic rings. The maximum atomic E-state index is 12.4. The zero-order valence-corrected chi connectivity index (χ0v) is 12.9. The molecule has 0 aliphatic heterocycles. The van der Waals surface area contributed by atoms with Crippen LogP contribution in [0.1, 0.15) is 16.2 Å². The molecular formula is C18H15N3O3. The summed E-state index contributed by atoms with van der Waals surface area (Å²) in [4.78, 5) is 24.5. The molecule has 0 spiro atoms. The molecule has 0 radical (unpaired) electrons. The first-order chi connectivity index (χ1) is 11.6. The van der Waals surface area contributed by atoms with Gasteiger partial charge in [-0.2, -0.15) is 5.10 Å². The minimum atomic E-state index is -0.675. The van der Waals surface area contributed by atoms with Crippen molar-refractivity contribution in [3.8, 4) is 11.4 Å². The van der Waals surface area contributed by atoms with Gasteiger partial charge in [-0.05, 0) is 31.2 Å². The maximum absolute atomic E-state index is 12.4. The summed E-state index contributed by atoms with van der Waals surface area (Å²) in [6.07, 6.45) is 0. The van der Waals surface area contributed by atoms with Gasteiger partial charge in [0.2, 0.25) is 5.43 Å². The van der Waals surface area contributed by atoms with Crippen LogP contribution in [0.25, 0.3) is 5.69 Å². The molecule has 6 nitrogen and oxygen atoms in total. The fourth-order valence-corrected chi connectivity index (χ4v) is 2.30. The van der Waals surface area contributed by atoms with Crippen LogP contribution < -0.4 is 10.7 Å². The van der Waals surface area contributed by atoms with Crippen LogP contribution in [0, 0.1) is 6.92 Å². The Balaban J connectivity index is 2.00. The number of hydrogen-bond acceptors (Lipinski definition) is 4. The monoisotopic (exact) mass is 321 g/mol. The Hall–Kier alpha value is -3.41. The van der Waals surface area contributed by atoms with E-state index in [1.807, 2.05) is 30.3 Å². The zero-order chi connectivity index (χ0) is 17.1. The van der Waals surface area contributed by atoms with E-state index < -0.39 is 11.3 Å². The zero-order valence-electron chi connectivity index (χ0n) is 12.9. The molecule has 3 rings (SSSR count). The minimum Gasteiger partial charge on any atom is -0.506 e. The Morgan fingerprint density at radius 2 is 1.75 bits per heavy atom. The molecule has 24 heavy (non-hydrogen) atoms. The Bertz CT molecular complexity index is 949. The van der Waals surface area contributed by atoms with Crippen molar-refractivity contribution in [2.24, 2.45) is 0 Å². The maximum Gasteiger partial charge on any atom is 0.280 e. The highest BCUT2D eigenvalue weighted by Gasteiger charge is 2.16. The second-order valence-corrected chi connectivity index (χ2v) is 5.22. The third kappa shape index (κ3) is 3.03. The molecule has 1 amide bonds. The lowest BCUT2D eigenvalue weighted by atomic mass is 10.2. The van der Waals surface area contributed by atoms with Crippen LogP contribution >= 0.6 is 0 Å². The van der Waals surface area contributed by atoms with Gasteiger partial charge in [0.15, 0.2) is 5.69 Å². The quantitative estimate of drug-likeness (QED) is 0.726. The second-order valence-electron chi connectivity index (χ2n) is 5.22. The van der Waals surface area contributed by atoms with Crippen molar-refractivity contribution in [2.75, 3.05) is 5.32 Å². The van der Waals surface area contributed by atoms with Crippen molar-refractivity contribution in [1.29, 1.82) is 0 Å². The van der Waals surface area contributed by atoms with Gasteiger partial charge >= 0.3 is 0 Å².